The molecule has 0 radical (unpaired) electrons. The average Bonchev–Trinajstić information content (AvgIpc) is 2.77. The molecule has 0 atom stereocenters. The van der Waals surface area contributed by atoms with Crippen LogP contribution in [0.3, 0.4) is 0 Å². The van der Waals surface area contributed by atoms with Gasteiger partial charge in [0.05, 0.1) is 0 Å². The number of imidazole rings is 1. The molecule has 102 valence electrons. The lowest BCUT2D eigenvalue weighted by atomic mass is 9.95. The molecular formula is C14H25N3O. The highest BCUT2D eigenvalue weighted by atomic mass is 16.1. The minimum absolute atomic E-state index is 0.121. The van der Waals surface area contributed by atoms with E-state index in [0.717, 1.165) is 32.1 Å². The normalized spacial score (nSPS) is 17.2. The highest BCUT2D eigenvalue weighted by Gasteiger charge is 2.11. The van der Waals surface area contributed by atoms with Gasteiger partial charge in [-0.05, 0) is 32.7 Å². The third-order valence-corrected chi connectivity index (χ3v) is 3.87. The summed E-state index contributed by atoms with van der Waals surface area (Å²) in [5, 5.41) is 3.61. The first-order valence-corrected chi connectivity index (χ1v) is 7.30. The van der Waals surface area contributed by atoms with Gasteiger partial charge in [0.1, 0.15) is 0 Å². The summed E-state index contributed by atoms with van der Waals surface area (Å²) >= 11 is 0. The summed E-state index contributed by atoms with van der Waals surface area (Å²) in [4.78, 5) is 11.8. The van der Waals surface area contributed by atoms with Crippen LogP contribution < -0.4 is 11.0 Å². The van der Waals surface area contributed by atoms with Crippen molar-refractivity contribution >= 4 is 0 Å². The fourth-order valence-corrected chi connectivity index (χ4v) is 2.73. The molecule has 4 nitrogen and oxygen atoms in total. The first-order valence-electron chi connectivity index (χ1n) is 7.30. The summed E-state index contributed by atoms with van der Waals surface area (Å²) in [7, 11) is 0. The van der Waals surface area contributed by atoms with E-state index in [0.29, 0.717) is 0 Å². The summed E-state index contributed by atoms with van der Waals surface area (Å²) in [6.07, 6.45) is 11.6. The molecule has 1 aliphatic carbocycles. The quantitative estimate of drug-likeness (QED) is 0.785. The summed E-state index contributed by atoms with van der Waals surface area (Å²) in [6.45, 7) is 4.60. The molecule has 1 aromatic heterocycles. The molecular weight excluding hydrogens is 226 g/mol. The van der Waals surface area contributed by atoms with E-state index in [9.17, 15) is 4.79 Å². The van der Waals surface area contributed by atoms with E-state index < -0.39 is 0 Å². The fourth-order valence-electron chi connectivity index (χ4n) is 2.73. The first kappa shape index (κ1) is 13.4. The van der Waals surface area contributed by atoms with Crippen molar-refractivity contribution in [3.8, 4) is 0 Å². The zero-order chi connectivity index (χ0) is 12.8. The standard InChI is InChI=1S/C14H25N3O/c1-2-16-11-12-17(14(16)18)10-6-9-15-13-7-4-3-5-8-13/h11-13,15H,2-10H2,1H3. The van der Waals surface area contributed by atoms with E-state index in [2.05, 4.69) is 5.32 Å². The maximum atomic E-state index is 11.8. The minimum Gasteiger partial charge on any atom is -0.314 e. The van der Waals surface area contributed by atoms with Crippen molar-refractivity contribution in [3.05, 3.63) is 22.9 Å². The van der Waals surface area contributed by atoms with Crippen molar-refractivity contribution in [2.45, 2.75) is 64.6 Å². The topological polar surface area (TPSA) is 39.0 Å². The average molecular weight is 251 g/mol. The molecule has 0 amide bonds. The Morgan fingerprint density at radius 3 is 2.61 bits per heavy atom. The molecule has 2 rings (SSSR count). The van der Waals surface area contributed by atoms with Crippen molar-refractivity contribution < 1.29 is 0 Å². The fraction of sp³-hybridized carbons (Fsp3) is 0.786. The van der Waals surface area contributed by atoms with Crippen LogP contribution in [0, 0.1) is 0 Å². The van der Waals surface area contributed by atoms with Crippen LogP contribution in [0.5, 0.6) is 0 Å². The van der Waals surface area contributed by atoms with Gasteiger partial charge in [-0.2, -0.15) is 0 Å². The Labute approximate surface area is 109 Å². The van der Waals surface area contributed by atoms with Gasteiger partial charge in [-0.1, -0.05) is 19.3 Å². The number of rotatable bonds is 6. The molecule has 0 saturated heterocycles. The van der Waals surface area contributed by atoms with Crippen LogP contribution in [-0.4, -0.2) is 21.7 Å². The van der Waals surface area contributed by atoms with Crippen LogP contribution in [0.2, 0.25) is 0 Å². The Bertz CT molecular complexity index is 401. The molecule has 1 heterocycles. The van der Waals surface area contributed by atoms with Gasteiger partial charge in [-0.3, -0.25) is 9.13 Å². The number of aromatic nitrogens is 2. The van der Waals surface area contributed by atoms with Crippen LogP contribution in [-0.2, 0) is 13.1 Å². The lowest BCUT2D eigenvalue weighted by molar-refractivity contribution is 0.368. The maximum Gasteiger partial charge on any atom is 0.328 e. The molecule has 0 bridgehead atoms. The Balaban J connectivity index is 1.68. The van der Waals surface area contributed by atoms with Gasteiger partial charge in [0, 0.05) is 31.5 Å². The van der Waals surface area contributed by atoms with E-state index in [1.807, 2.05) is 23.9 Å². The molecule has 0 unspecified atom stereocenters. The van der Waals surface area contributed by atoms with E-state index in [1.165, 1.54) is 32.1 Å². The summed E-state index contributed by atoms with van der Waals surface area (Å²) in [5.74, 6) is 0. The van der Waals surface area contributed by atoms with Gasteiger partial charge >= 0.3 is 5.69 Å². The zero-order valence-electron chi connectivity index (χ0n) is 11.4. The van der Waals surface area contributed by atoms with Gasteiger partial charge in [0.15, 0.2) is 0 Å². The minimum atomic E-state index is 0.121. The molecule has 18 heavy (non-hydrogen) atoms. The van der Waals surface area contributed by atoms with Crippen LogP contribution in [0.15, 0.2) is 17.2 Å². The van der Waals surface area contributed by atoms with Gasteiger partial charge in [-0.25, -0.2) is 4.79 Å². The lowest BCUT2D eigenvalue weighted by Crippen LogP contribution is -2.32. The third kappa shape index (κ3) is 3.48. The van der Waals surface area contributed by atoms with E-state index in [4.69, 9.17) is 0 Å². The van der Waals surface area contributed by atoms with Crippen molar-refractivity contribution in [3.63, 3.8) is 0 Å². The highest BCUT2D eigenvalue weighted by Crippen LogP contribution is 2.17. The third-order valence-electron chi connectivity index (χ3n) is 3.87. The van der Waals surface area contributed by atoms with Crippen molar-refractivity contribution in [2.24, 2.45) is 0 Å². The second-order valence-corrected chi connectivity index (χ2v) is 5.20. The van der Waals surface area contributed by atoms with Crippen LogP contribution >= 0.6 is 0 Å². The SMILES string of the molecule is CCn1ccn(CCCNC2CCCCC2)c1=O. The number of hydrogen-bond acceptors (Lipinski definition) is 2. The smallest absolute Gasteiger partial charge is 0.314 e. The Morgan fingerprint density at radius 1 is 1.22 bits per heavy atom. The second-order valence-electron chi connectivity index (χ2n) is 5.20. The Kier molecular flexibility index (Phi) is 5.05. The van der Waals surface area contributed by atoms with Gasteiger partial charge in [0.25, 0.3) is 0 Å². The van der Waals surface area contributed by atoms with E-state index >= 15 is 0 Å². The largest absolute Gasteiger partial charge is 0.328 e. The molecule has 1 N–H and O–H groups in total. The predicted octanol–water partition coefficient (Wildman–Crippen LogP) is 1.98. The number of aryl methyl sites for hydroxylation is 2. The molecule has 1 aliphatic rings. The summed E-state index contributed by atoms with van der Waals surface area (Å²) < 4.78 is 3.56. The lowest BCUT2D eigenvalue weighted by Gasteiger charge is -2.22. The van der Waals surface area contributed by atoms with Crippen molar-refractivity contribution in [1.29, 1.82) is 0 Å². The Morgan fingerprint density at radius 2 is 1.94 bits per heavy atom. The van der Waals surface area contributed by atoms with Crippen LogP contribution in [0.4, 0.5) is 0 Å². The molecule has 0 aromatic carbocycles. The summed E-state index contributed by atoms with van der Waals surface area (Å²) in [6, 6.07) is 0.718. The molecule has 4 heteroatoms. The second kappa shape index (κ2) is 6.78. The van der Waals surface area contributed by atoms with Crippen molar-refractivity contribution in [1.82, 2.24) is 14.5 Å². The van der Waals surface area contributed by atoms with Gasteiger partial charge in [-0.15, -0.1) is 0 Å². The van der Waals surface area contributed by atoms with E-state index in [-0.39, 0.29) is 5.69 Å². The maximum absolute atomic E-state index is 11.8. The zero-order valence-corrected chi connectivity index (χ0v) is 11.4. The monoisotopic (exact) mass is 251 g/mol. The number of nitrogens with one attached hydrogen (secondary N) is 1. The van der Waals surface area contributed by atoms with Crippen LogP contribution in [0.25, 0.3) is 0 Å². The Hall–Kier alpha value is -1.03. The van der Waals surface area contributed by atoms with Gasteiger partial charge in [0.2, 0.25) is 0 Å². The first-order chi connectivity index (χ1) is 8.81. The van der Waals surface area contributed by atoms with E-state index in [1.54, 1.807) is 4.57 Å². The summed E-state index contributed by atoms with van der Waals surface area (Å²) in [5.41, 5.74) is 0.121. The van der Waals surface area contributed by atoms with Crippen LogP contribution in [0.1, 0.15) is 45.4 Å². The van der Waals surface area contributed by atoms with Gasteiger partial charge < -0.3 is 5.32 Å². The number of hydrogen-bond donors (Lipinski definition) is 1. The molecule has 0 aliphatic heterocycles. The number of nitrogens with zero attached hydrogens (tertiary/aromatic N) is 2. The predicted molar refractivity (Wildman–Crippen MR) is 73.9 cm³/mol. The van der Waals surface area contributed by atoms with Crippen molar-refractivity contribution in [2.75, 3.05) is 6.54 Å². The molecule has 0 spiro atoms. The molecule has 1 fully saturated rings. The highest BCUT2D eigenvalue weighted by molar-refractivity contribution is 4.81. The molecule has 1 aromatic rings. The molecule has 1 saturated carbocycles.